The zero-order valence-electron chi connectivity index (χ0n) is 12.4. The number of piperidine rings is 1. The Kier molecular flexibility index (Phi) is 5.03. The summed E-state index contributed by atoms with van der Waals surface area (Å²) in [4.78, 5) is 9.93. The Hall–Kier alpha value is -1.37. The van der Waals surface area contributed by atoms with Crippen molar-refractivity contribution < 1.29 is 13.2 Å². The third kappa shape index (κ3) is 4.84. The third-order valence-electron chi connectivity index (χ3n) is 3.50. The lowest BCUT2D eigenvalue weighted by Crippen LogP contribution is -2.38. The molecule has 2 rings (SSSR count). The predicted molar refractivity (Wildman–Crippen MR) is 75.1 cm³/mol. The lowest BCUT2D eigenvalue weighted by molar-refractivity contribution is -0.141. The third-order valence-corrected chi connectivity index (χ3v) is 3.50. The molecule has 1 fully saturated rings. The van der Waals surface area contributed by atoms with E-state index in [0.29, 0.717) is 5.69 Å². The van der Waals surface area contributed by atoms with Crippen molar-refractivity contribution >= 4 is 5.95 Å². The highest BCUT2D eigenvalue weighted by Crippen LogP contribution is 2.28. The van der Waals surface area contributed by atoms with Gasteiger partial charge in [0, 0.05) is 18.3 Å². The average Bonchev–Trinajstić information content (AvgIpc) is 2.37. The van der Waals surface area contributed by atoms with Crippen LogP contribution in [-0.4, -0.2) is 40.5 Å². The first kappa shape index (κ1) is 16.0. The van der Waals surface area contributed by atoms with Gasteiger partial charge in [-0.15, -0.1) is 0 Å². The minimum Gasteiger partial charge on any atom is -0.350 e. The number of alkyl halides is 3. The van der Waals surface area contributed by atoms with Gasteiger partial charge >= 0.3 is 6.18 Å². The van der Waals surface area contributed by atoms with Crippen LogP contribution in [0.25, 0.3) is 0 Å². The molecule has 0 spiro atoms. The molecule has 0 aliphatic carbocycles. The van der Waals surface area contributed by atoms with Gasteiger partial charge in [-0.25, -0.2) is 9.97 Å². The number of nitrogens with one attached hydrogen (secondary N) is 1. The summed E-state index contributed by atoms with van der Waals surface area (Å²) >= 11 is 0. The summed E-state index contributed by atoms with van der Waals surface area (Å²) in [7, 11) is 0. The zero-order valence-corrected chi connectivity index (χ0v) is 12.4. The molecule has 2 heterocycles. The summed E-state index contributed by atoms with van der Waals surface area (Å²) < 4.78 is 38.2. The van der Waals surface area contributed by atoms with E-state index in [0.717, 1.165) is 25.7 Å². The molecule has 1 saturated heterocycles. The van der Waals surface area contributed by atoms with E-state index in [4.69, 9.17) is 0 Å². The number of hydrogen-bond acceptors (Lipinski definition) is 4. The maximum Gasteiger partial charge on any atom is 0.433 e. The second-order valence-corrected chi connectivity index (χ2v) is 5.62. The van der Waals surface area contributed by atoms with Crippen LogP contribution in [-0.2, 0) is 6.18 Å². The average molecular weight is 302 g/mol. The second-order valence-electron chi connectivity index (χ2n) is 5.62. The van der Waals surface area contributed by atoms with Gasteiger partial charge in [0.15, 0.2) is 0 Å². The number of anilines is 1. The predicted octanol–water partition coefficient (Wildman–Crippen LogP) is 3.09. The van der Waals surface area contributed by atoms with E-state index in [1.54, 1.807) is 0 Å². The summed E-state index contributed by atoms with van der Waals surface area (Å²) in [5.41, 5.74) is -0.590. The lowest BCUT2D eigenvalue weighted by atomic mass is 10.1. The zero-order chi connectivity index (χ0) is 15.5. The molecule has 118 valence electrons. The van der Waals surface area contributed by atoms with Crippen LogP contribution < -0.4 is 5.32 Å². The van der Waals surface area contributed by atoms with Crippen molar-refractivity contribution in [2.24, 2.45) is 0 Å². The molecule has 1 aliphatic heterocycles. The minimum atomic E-state index is -4.44. The quantitative estimate of drug-likeness (QED) is 0.928. The molecule has 0 unspecified atom stereocenters. The van der Waals surface area contributed by atoms with Crippen LogP contribution >= 0.6 is 0 Å². The van der Waals surface area contributed by atoms with Crippen LogP contribution in [0, 0.1) is 6.92 Å². The second kappa shape index (κ2) is 6.60. The summed E-state index contributed by atoms with van der Waals surface area (Å²) in [6, 6.07) is 0.964. The van der Waals surface area contributed by atoms with E-state index in [2.05, 4.69) is 20.2 Å². The van der Waals surface area contributed by atoms with Crippen molar-refractivity contribution in [3.63, 3.8) is 0 Å². The molecular formula is C14H21F3N4. The fraction of sp³-hybridized carbons (Fsp3) is 0.714. The summed E-state index contributed by atoms with van der Waals surface area (Å²) in [5.74, 6) is 0.0480. The van der Waals surface area contributed by atoms with Crippen molar-refractivity contribution in [3.05, 3.63) is 17.5 Å². The first-order chi connectivity index (χ1) is 9.84. The van der Waals surface area contributed by atoms with Gasteiger partial charge in [-0.3, -0.25) is 0 Å². The molecule has 0 bridgehead atoms. The normalized spacial score (nSPS) is 18.5. The summed E-state index contributed by atoms with van der Waals surface area (Å²) in [5, 5.41) is 2.98. The number of likely N-dealkylation sites (tertiary alicyclic amines) is 1. The molecule has 4 nitrogen and oxygen atoms in total. The van der Waals surface area contributed by atoms with Gasteiger partial charge < -0.3 is 10.2 Å². The Balaban J connectivity index is 1.99. The number of hydrogen-bond donors (Lipinski definition) is 1. The molecule has 1 atom stereocenters. The van der Waals surface area contributed by atoms with Gasteiger partial charge in [-0.2, -0.15) is 13.2 Å². The Bertz CT molecular complexity index is 470. The number of aryl methyl sites for hydroxylation is 1. The van der Waals surface area contributed by atoms with Crippen LogP contribution in [0.4, 0.5) is 19.1 Å². The highest BCUT2D eigenvalue weighted by atomic mass is 19.4. The molecule has 1 aliphatic rings. The first-order valence-electron chi connectivity index (χ1n) is 7.26. The van der Waals surface area contributed by atoms with Crippen LogP contribution in [0.1, 0.15) is 37.6 Å². The largest absolute Gasteiger partial charge is 0.433 e. The molecular weight excluding hydrogens is 281 g/mol. The van der Waals surface area contributed by atoms with Crippen molar-refractivity contribution in [1.29, 1.82) is 0 Å². The highest BCUT2D eigenvalue weighted by Gasteiger charge is 2.33. The molecule has 0 saturated carbocycles. The van der Waals surface area contributed by atoms with E-state index in [9.17, 15) is 13.2 Å². The molecule has 21 heavy (non-hydrogen) atoms. The van der Waals surface area contributed by atoms with Gasteiger partial charge in [-0.05, 0) is 45.8 Å². The fourth-order valence-electron chi connectivity index (χ4n) is 2.57. The van der Waals surface area contributed by atoms with Crippen LogP contribution in [0.5, 0.6) is 0 Å². The van der Waals surface area contributed by atoms with Gasteiger partial charge in [0.25, 0.3) is 0 Å². The molecule has 7 heteroatoms. The van der Waals surface area contributed by atoms with Gasteiger partial charge in [-0.1, -0.05) is 6.42 Å². The van der Waals surface area contributed by atoms with E-state index < -0.39 is 11.9 Å². The minimum absolute atomic E-state index is 0.00554. The highest BCUT2D eigenvalue weighted by molar-refractivity contribution is 5.30. The summed E-state index contributed by atoms with van der Waals surface area (Å²) in [6.07, 6.45) is -0.813. The number of nitrogens with zero attached hydrogens (tertiary/aromatic N) is 3. The summed E-state index contributed by atoms with van der Waals surface area (Å²) in [6.45, 7) is 6.37. The van der Waals surface area contributed by atoms with Crippen LogP contribution in [0.2, 0.25) is 0 Å². The Morgan fingerprint density at radius 1 is 1.24 bits per heavy atom. The molecule has 1 N–H and O–H groups in total. The molecule has 0 amide bonds. The first-order valence-corrected chi connectivity index (χ1v) is 7.26. The maximum absolute atomic E-state index is 12.7. The van der Waals surface area contributed by atoms with Gasteiger partial charge in [0.2, 0.25) is 5.95 Å². The molecule has 0 aromatic carbocycles. The van der Waals surface area contributed by atoms with Crippen LogP contribution in [0.15, 0.2) is 6.07 Å². The van der Waals surface area contributed by atoms with E-state index in [1.165, 1.54) is 26.2 Å². The fourth-order valence-corrected chi connectivity index (χ4v) is 2.57. The Morgan fingerprint density at radius 2 is 1.90 bits per heavy atom. The van der Waals surface area contributed by atoms with E-state index in [-0.39, 0.29) is 12.0 Å². The number of halogens is 3. The molecule has 1 aromatic heterocycles. The number of rotatable bonds is 4. The van der Waals surface area contributed by atoms with Crippen molar-refractivity contribution in [2.75, 3.05) is 25.0 Å². The smallest absolute Gasteiger partial charge is 0.350 e. The standard InChI is InChI=1S/C14H21F3N4/c1-10-8-12(14(15,16)17)20-13(18-10)19-11(2)9-21-6-4-3-5-7-21/h8,11H,3-7,9H2,1-2H3,(H,18,19,20)/t11-/m1/s1. The van der Waals surface area contributed by atoms with Crippen molar-refractivity contribution in [3.8, 4) is 0 Å². The van der Waals surface area contributed by atoms with Gasteiger partial charge in [0.1, 0.15) is 5.69 Å². The van der Waals surface area contributed by atoms with Gasteiger partial charge in [0.05, 0.1) is 0 Å². The topological polar surface area (TPSA) is 41.1 Å². The van der Waals surface area contributed by atoms with Crippen LogP contribution in [0.3, 0.4) is 0 Å². The number of aromatic nitrogens is 2. The Labute approximate surface area is 122 Å². The van der Waals surface area contributed by atoms with Crippen molar-refractivity contribution in [2.45, 2.75) is 45.3 Å². The molecule has 0 radical (unpaired) electrons. The van der Waals surface area contributed by atoms with E-state index >= 15 is 0 Å². The monoisotopic (exact) mass is 302 g/mol. The molecule has 1 aromatic rings. The SMILES string of the molecule is Cc1cc(C(F)(F)F)nc(N[C@H](C)CN2CCCCC2)n1. The van der Waals surface area contributed by atoms with Crippen molar-refractivity contribution in [1.82, 2.24) is 14.9 Å². The maximum atomic E-state index is 12.7. The van der Waals surface area contributed by atoms with E-state index in [1.807, 2.05) is 6.92 Å². The lowest BCUT2D eigenvalue weighted by Gasteiger charge is -2.29. The Morgan fingerprint density at radius 3 is 2.52 bits per heavy atom.